The molecule has 108 valence electrons. The van der Waals surface area contributed by atoms with E-state index in [1.807, 2.05) is 7.05 Å². The van der Waals surface area contributed by atoms with Crippen LogP contribution in [0.4, 0.5) is 0 Å². The Hall–Kier alpha value is -0.570. The van der Waals surface area contributed by atoms with Crippen molar-refractivity contribution in [1.29, 1.82) is 0 Å². The number of carbonyl (C=O) groups excluding carboxylic acids is 1. The molecule has 0 rings (SSSR count). The predicted octanol–water partition coefficient (Wildman–Crippen LogP) is 3.05. The van der Waals surface area contributed by atoms with Crippen LogP contribution >= 0.6 is 0 Å². The Kier molecular flexibility index (Phi) is 9.08. The molecular formula is C15H32N2O. The Bertz CT molecular complexity index is 221. The first-order valence-electron chi connectivity index (χ1n) is 7.33. The fourth-order valence-electron chi connectivity index (χ4n) is 1.88. The molecule has 0 saturated heterocycles. The maximum absolute atomic E-state index is 12.2. The van der Waals surface area contributed by atoms with E-state index < -0.39 is 0 Å². The summed E-state index contributed by atoms with van der Waals surface area (Å²) in [5.41, 5.74) is 0.0898. The van der Waals surface area contributed by atoms with E-state index in [9.17, 15) is 4.79 Å². The van der Waals surface area contributed by atoms with Crippen LogP contribution in [-0.2, 0) is 4.79 Å². The Balaban J connectivity index is 4.15. The summed E-state index contributed by atoms with van der Waals surface area (Å²) in [5, 5.41) is 3.15. The zero-order valence-corrected chi connectivity index (χ0v) is 13.0. The van der Waals surface area contributed by atoms with Crippen molar-refractivity contribution in [2.24, 2.45) is 5.41 Å². The topological polar surface area (TPSA) is 32.3 Å². The highest BCUT2D eigenvalue weighted by atomic mass is 16.2. The minimum atomic E-state index is 0.0898. The minimum absolute atomic E-state index is 0.0898. The van der Waals surface area contributed by atoms with Gasteiger partial charge in [0.2, 0.25) is 5.91 Å². The highest BCUT2D eigenvalue weighted by Crippen LogP contribution is 2.20. The zero-order chi connectivity index (χ0) is 14.0. The van der Waals surface area contributed by atoms with E-state index in [2.05, 4.69) is 37.9 Å². The zero-order valence-electron chi connectivity index (χ0n) is 13.0. The molecule has 3 heteroatoms. The van der Waals surface area contributed by atoms with Gasteiger partial charge in [0.1, 0.15) is 0 Å². The Morgan fingerprint density at radius 3 is 2.22 bits per heavy atom. The van der Waals surface area contributed by atoms with E-state index >= 15 is 0 Å². The van der Waals surface area contributed by atoms with Gasteiger partial charge in [-0.15, -0.1) is 0 Å². The molecule has 3 nitrogen and oxygen atoms in total. The molecule has 0 aromatic carbocycles. The normalized spacial score (nSPS) is 11.6. The lowest BCUT2D eigenvalue weighted by Crippen LogP contribution is -2.35. The Morgan fingerprint density at radius 2 is 1.72 bits per heavy atom. The molecule has 0 unspecified atom stereocenters. The quantitative estimate of drug-likeness (QED) is 0.643. The van der Waals surface area contributed by atoms with Crippen LogP contribution in [0, 0.1) is 5.41 Å². The lowest BCUT2D eigenvalue weighted by atomic mass is 9.91. The van der Waals surface area contributed by atoms with Gasteiger partial charge in [-0.05, 0) is 38.3 Å². The maximum atomic E-state index is 12.2. The smallest absolute Gasteiger partial charge is 0.223 e. The molecule has 0 fully saturated rings. The lowest BCUT2D eigenvalue weighted by Gasteiger charge is -2.26. The van der Waals surface area contributed by atoms with Crippen molar-refractivity contribution in [3.05, 3.63) is 0 Å². The van der Waals surface area contributed by atoms with Crippen molar-refractivity contribution in [2.75, 3.05) is 26.7 Å². The van der Waals surface area contributed by atoms with Crippen LogP contribution in [0.1, 0.15) is 59.8 Å². The summed E-state index contributed by atoms with van der Waals surface area (Å²) in [5.74, 6) is 0.320. The van der Waals surface area contributed by atoms with Crippen molar-refractivity contribution in [3.8, 4) is 0 Å². The summed E-state index contributed by atoms with van der Waals surface area (Å²) >= 11 is 0. The molecule has 18 heavy (non-hydrogen) atoms. The number of hydrogen-bond donors (Lipinski definition) is 1. The molecule has 0 aliphatic carbocycles. The highest BCUT2D eigenvalue weighted by Gasteiger charge is 2.20. The van der Waals surface area contributed by atoms with Gasteiger partial charge in [-0.3, -0.25) is 4.79 Å². The molecule has 0 aromatic rings. The summed E-state index contributed by atoms with van der Waals surface area (Å²) in [6, 6.07) is 0. The van der Waals surface area contributed by atoms with E-state index in [0.29, 0.717) is 12.3 Å². The van der Waals surface area contributed by atoms with Gasteiger partial charge in [0, 0.05) is 19.5 Å². The number of unbranched alkanes of at least 4 members (excludes halogenated alkanes) is 2. The SMILES string of the molecule is CCCCN(CCCCNC)C(=O)CC(C)(C)C. The van der Waals surface area contributed by atoms with Crippen LogP contribution in [0.25, 0.3) is 0 Å². The molecule has 1 amide bonds. The van der Waals surface area contributed by atoms with Crippen LogP contribution in [0.3, 0.4) is 0 Å². The monoisotopic (exact) mass is 256 g/mol. The van der Waals surface area contributed by atoms with Crippen LogP contribution < -0.4 is 5.32 Å². The van der Waals surface area contributed by atoms with Gasteiger partial charge in [0.15, 0.2) is 0 Å². The molecule has 0 aromatic heterocycles. The number of nitrogens with zero attached hydrogens (tertiary/aromatic N) is 1. The van der Waals surface area contributed by atoms with Gasteiger partial charge in [0.05, 0.1) is 0 Å². The first-order chi connectivity index (χ1) is 8.40. The second-order valence-corrected chi connectivity index (χ2v) is 6.28. The number of amides is 1. The average Bonchev–Trinajstić information content (AvgIpc) is 2.25. The third-order valence-electron chi connectivity index (χ3n) is 2.92. The van der Waals surface area contributed by atoms with Gasteiger partial charge in [0.25, 0.3) is 0 Å². The molecule has 0 aliphatic heterocycles. The summed E-state index contributed by atoms with van der Waals surface area (Å²) in [6.45, 7) is 11.4. The molecule has 0 atom stereocenters. The molecule has 0 aliphatic rings. The van der Waals surface area contributed by atoms with Gasteiger partial charge < -0.3 is 10.2 Å². The standard InChI is InChI=1S/C15H32N2O/c1-6-7-11-17(12-9-8-10-16-5)14(18)13-15(2,3)4/h16H,6-13H2,1-5H3. The van der Waals surface area contributed by atoms with E-state index in [1.165, 1.54) is 0 Å². The van der Waals surface area contributed by atoms with Crippen LogP contribution in [0.2, 0.25) is 0 Å². The molecular weight excluding hydrogens is 224 g/mol. The van der Waals surface area contributed by atoms with Gasteiger partial charge in [-0.1, -0.05) is 34.1 Å². The van der Waals surface area contributed by atoms with Crippen LogP contribution in [-0.4, -0.2) is 37.5 Å². The van der Waals surface area contributed by atoms with E-state index in [4.69, 9.17) is 0 Å². The summed E-state index contributed by atoms with van der Waals surface area (Å²) in [6.07, 6.45) is 5.16. The Morgan fingerprint density at radius 1 is 1.11 bits per heavy atom. The van der Waals surface area contributed by atoms with E-state index in [-0.39, 0.29) is 5.41 Å². The van der Waals surface area contributed by atoms with Gasteiger partial charge in [-0.2, -0.15) is 0 Å². The average molecular weight is 256 g/mol. The van der Waals surface area contributed by atoms with Crippen LogP contribution in [0.5, 0.6) is 0 Å². The van der Waals surface area contributed by atoms with Crippen molar-refractivity contribution in [2.45, 2.75) is 59.8 Å². The molecule has 0 heterocycles. The maximum Gasteiger partial charge on any atom is 0.223 e. The molecule has 0 saturated carbocycles. The lowest BCUT2D eigenvalue weighted by molar-refractivity contribution is -0.133. The number of hydrogen-bond acceptors (Lipinski definition) is 2. The second-order valence-electron chi connectivity index (χ2n) is 6.28. The summed E-state index contributed by atoms with van der Waals surface area (Å²) < 4.78 is 0. The van der Waals surface area contributed by atoms with E-state index in [1.54, 1.807) is 0 Å². The second kappa shape index (κ2) is 9.37. The van der Waals surface area contributed by atoms with Crippen molar-refractivity contribution in [3.63, 3.8) is 0 Å². The van der Waals surface area contributed by atoms with Crippen molar-refractivity contribution in [1.82, 2.24) is 10.2 Å². The fourth-order valence-corrected chi connectivity index (χ4v) is 1.88. The molecule has 1 N–H and O–H groups in total. The van der Waals surface area contributed by atoms with E-state index in [0.717, 1.165) is 45.3 Å². The fraction of sp³-hybridized carbons (Fsp3) is 0.933. The van der Waals surface area contributed by atoms with Crippen molar-refractivity contribution >= 4 is 5.91 Å². The third-order valence-corrected chi connectivity index (χ3v) is 2.92. The molecule has 0 radical (unpaired) electrons. The minimum Gasteiger partial charge on any atom is -0.343 e. The van der Waals surface area contributed by atoms with Crippen LogP contribution in [0.15, 0.2) is 0 Å². The number of carbonyl (C=O) groups is 1. The predicted molar refractivity (Wildman–Crippen MR) is 78.7 cm³/mol. The molecule has 0 bridgehead atoms. The largest absolute Gasteiger partial charge is 0.343 e. The summed E-state index contributed by atoms with van der Waals surface area (Å²) in [4.78, 5) is 14.3. The first-order valence-corrected chi connectivity index (χ1v) is 7.33. The molecule has 0 spiro atoms. The first kappa shape index (κ1) is 17.4. The third kappa shape index (κ3) is 9.46. The van der Waals surface area contributed by atoms with Gasteiger partial charge in [-0.25, -0.2) is 0 Å². The highest BCUT2D eigenvalue weighted by molar-refractivity contribution is 5.76. The number of rotatable bonds is 9. The Labute approximate surface area is 113 Å². The van der Waals surface area contributed by atoms with Crippen molar-refractivity contribution < 1.29 is 4.79 Å². The van der Waals surface area contributed by atoms with Gasteiger partial charge >= 0.3 is 0 Å². The summed E-state index contributed by atoms with van der Waals surface area (Å²) in [7, 11) is 1.97. The number of nitrogens with one attached hydrogen (secondary N) is 1.